The van der Waals surface area contributed by atoms with E-state index in [1.807, 2.05) is 31.2 Å². The first kappa shape index (κ1) is 26.8. The third-order valence-corrected chi connectivity index (χ3v) is 7.08. The van der Waals surface area contributed by atoms with Gasteiger partial charge in [0.25, 0.3) is 5.56 Å². The molecule has 0 aliphatic rings. The molecule has 3 aromatic rings. The Morgan fingerprint density at radius 2 is 1.83 bits per heavy atom. The fourth-order valence-corrected chi connectivity index (χ4v) is 4.74. The Morgan fingerprint density at radius 1 is 1.14 bits per heavy atom. The lowest BCUT2D eigenvalue weighted by molar-refractivity contribution is -0.120. The van der Waals surface area contributed by atoms with Crippen LogP contribution in [0.15, 0.2) is 46.3 Å². The van der Waals surface area contributed by atoms with Gasteiger partial charge in [-0.1, -0.05) is 42.4 Å². The Balaban J connectivity index is 2.03. The van der Waals surface area contributed by atoms with Crippen LogP contribution in [-0.4, -0.2) is 55.2 Å². The quantitative estimate of drug-likeness (QED) is 0.220. The fourth-order valence-electron chi connectivity index (χ4n) is 3.55. The molecule has 1 atom stereocenters. The van der Waals surface area contributed by atoms with Crippen molar-refractivity contribution in [3.63, 3.8) is 0 Å². The van der Waals surface area contributed by atoms with E-state index in [9.17, 15) is 9.59 Å². The van der Waals surface area contributed by atoms with Gasteiger partial charge in [-0.3, -0.25) is 14.2 Å². The van der Waals surface area contributed by atoms with Crippen molar-refractivity contribution in [3.05, 3.63) is 57.3 Å². The number of ether oxygens (including phenoxy) is 3. The Hall–Kier alpha value is -2.75. The minimum Gasteiger partial charge on any atom is -0.493 e. The number of hydrogen-bond donors (Lipinski definition) is 1. The molecule has 1 heterocycles. The zero-order valence-corrected chi connectivity index (χ0v) is 21.9. The van der Waals surface area contributed by atoms with Crippen LogP contribution in [0, 0.1) is 0 Å². The van der Waals surface area contributed by atoms with Gasteiger partial charge < -0.3 is 19.5 Å². The number of aromatic nitrogens is 2. The first-order valence-electron chi connectivity index (χ1n) is 11.3. The van der Waals surface area contributed by atoms with Crippen LogP contribution in [0.1, 0.15) is 18.9 Å². The number of carbonyl (C=O) groups excluding carboxylic acids is 1. The summed E-state index contributed by atoms with van der Waals surface area (Å²) in [5.74, 6) is 0.805. The van der Waals surface area contributed by atoms with Crippen molar-refractivity contribution in [3.8, 4) is 11.5 Å². The molecule has 0 aliphatic heterocycles. The lowest BCUT2D eigenvalue weighted by Gasteiger charge is -2.18. The predicted octanol–water partition coefficient (Wildman–Crippen LogP) is 3.94. The molecule has 10 heteroatoms. The number of thioether (sulfide) groups is 1. The fraction of sp³-hybridized carbons (Fsp3) is 0.400. The lowest BCUT2D eigenvalue weighted by Crippen LogP contribution is -2.35. The number of methoxy groups -OCH3 is 3. The van der Waals surface area contributed by atoms with Crippen molar-refractivity contribution < 1.29 is 19.0 Å². The maximum Gasteiger partial charge on any atom is 0.262 e. The highest BCUT2D eigenvalue weighted by Crippen LogP contribution is 2.32. The molecular weight excluding hydrogens is 490 g/mol. The summed E-state index contributed by atoms with van der Waals surface area (Å²) in [5.41, 5.74) is 1.31. The van der Waals surface area contributed by atoms with Crippen LogP contribution in [0.2, 0.25) is 5.02 Å². The zero-order valence-electron chi connectivity index (χ0n) is 20.3. The van der Waals surface area contributed by atoms with Gasteiger partial charge in [0.05, 0.1) is 37.0 Å². The number of halogens is 1. The second kappa shape index (κ2) is 12.8. The molecule has 1 aromatic heterocycles. The highest BCUT2D eigenvalue weighted by Gasteiger charge is 2.22. The second-order valence-corrected chi connectivity index (χ2v) is 9.36. The van der Waals surface area contributed by atoms with Gasteiger partial charge in [-0.25, -0.2) is 4.98 Å². The molecule has 0 aliphatic carbocycles. The summed E-state index contributed by atoms with van der Waals surface area (Å²) in [6, 6.07) is 10.8. The van der Waals surface area contributed by atoms with E-state index in [2.05, 4.69) is 5.32 Å². The van der Waals surface area contributed by atoms with Crippen molar-refractivity contribution in [2.45, 2.75) is 36.7 Å². The van der Waals surface area contributed by atoms with Gasteiger partial charge in [0.1, 0.15) is 0 Å². The third kappa shape index (κ3) is 6.68. The van der Waals surface area contributed by atoms with Gasteiger partial charge in [-0.05, 0) is 36.6 Å². The van der Waals surface area contributed by atoms with E-state index < -0.39 is 5.25 Å². The molecular formula is C25H30ClN3O5S. The van der Waals surface area contributed by atoms with Gasteiger partial charge in [-0.15, -0.1) is 0 Å². The second-order valence-electron chi connectivity index (χ2n) is 7.75. The van der Waals surface area contributed by atoms with Crippen molar-refractivity contribution >= 4 is 40.2 Å². The summed E-state index contributed by atoms with van der Waals surface area (Å²) in [6.07, 6.45) is 1.17. The van der Waals surface area contributed by atoms with Crippen LogP contribution in [0.4, 0.5) is 0 Å². The summed E-state index contributed by atoms with van der Waals surface area (Å²) < 4.78 is 17.4. The van der Waals surface area contributed by atoms with Crippen molar-refractivity contribution in [2.75, 3.05) is 34.5 Å². The molecule has 0 radical (unpaired) electrons. The average molecular weight is 520 g/mol. The van der Waals surface area contributed by atoms with Gasteiger partial charge in [0, 0.05) is 31.3 Å². The molecule has 0 spiro atoms. The predicted molar refractivity (Wildman–Crippen MR) is 139 cm³/mol. The van der Waals surface area contributed by atoms with Crippen molar-refractivity contribution in [1.82, 2.24) is 14.9 Å². The van der Waals surface area contributed by atoms with E-state index in [0.717, 1.165) is 5.56 Å². The maximum atomic E-state index is 13.6. The molecule has 0 bridgehead atoms. The van der Waals surface area contributed by atoms with Crippen molar-refractivity contribution in [1.29, 1.82) is 0 Å². The SMILES string of the molecule is CC[C@@H](Sc1nc2cc(OC)c(OC)cc2c(=O)n1CCc1ccc(Cl)cc1)C(=O)NCCOC. The van der Waals surface area contributed by atoms with Crippen LogP contribution in [0.25, 0.3) is 10.9 Å². The van der Waals surface area contributed by atoms with E-state index in [1.165, 1.54) is 26.0 Å². The van der Waals surface area contributed by atoms with Crippen LogP contribution in [0.5, 0.6) is 11.5 Å². The number of nitrogens with one attached hydrogen (secondary N) is 1. The number of amides is 1. The molecule has 188 valence electrons. The Bertz CT molecular complexity index is 1220. The molecule has 1 amide bonds. The monoisotopic (exact) mass is 519 g/mol. The van der Waals surface area contributed by atoms with Gasteiger partial charge >= 0.3 is 0 Å². The normalized spacial score (nSPS) is 11.9. The Kier molecular flexibility index (Phi) is 9.83. The first-order valence-corrected chi connectivity index (χ1v) is 12.5. The van der Waals surface area contributed by atoms with Crippen LogP contribution in [-0.2, 0) is 22.5 Å². The van der Waals surface area contributed by atoms with Gasteiger partial charge in [0.15, 0.2) is 16.7 Å². The van der Waals surface area contributed by atoms with E-state index in [0.29, 0.717) is 65.1 Å². The molecule has 0 saturated heterocycles. The third-order valence-electron chi connectivity index (χ3n) is 5.48. The minimum atomic E-state index is -0.418. The first-order chi connectivity index (χ1) is 16.9. The molecule has 1 N–H and O–H groups in total. The molecule has 0 unspecified atom stereocenters. The summed E-state index contributed by atoms with van der Waals surface area (Å²) in [5, 5.41) is 4.00. The summed E-state index contributed by atoms with van der Waals surface area (Å²) in [6.45, 7) is 3.16. The van der Waals surface area contributed by atoms with E-state index in [-0.39, 0.29) is 11.5 Å². The number of benzene rings is 2. The topological polar surface area (TPSA) is 91.7 Å². The molecule has 0 saturated carbocycles. The summed E-state index contributed by atoms with van der Waals surface area (Å²) in [7, 11) is 4.64. The molecule has 3 rings (SSSR count). The number of nitrogens with zero attached hydrogens (tertiary/aromatic N) is 2. The molecule has 35 heavy (non-hydrogen) atoms. The zero-order chi connectivity index (χ0) is 25.4. The highest BCUT2D eigenvalue weighted by molar-refractivity contribution is 8.00. The molecule has 2 aromatic carbocycles. The Morgan fingerprint density at radius 3 is 2.46 bits per heavy atom. The van der Waals surface area contributed by atoms with Crippen LogP contribution < -0.4 is 20.3 Å². The van der Waals surface area contributed by atoms with Crippen LogP contribution in [0.3, 0.4) is 0 Å². The van der Waals surface area contributed by atoms with Crippen LogP contribution >= 0.6 is 23.4 Å². The highest BCUT2D eigenvalue weighted by atomic mass is 35.5. The number of rotatable bonds is 12. The van der Waals surface area contributed by atoms with E-state index in [4.69, 9.17) is 30.8 Å². The minimum absolute atomic E-state index is 0.125. The number of fused-ring (bicyclic) bond motifs is 1. The molecule has 8 nitrogen and oxygen atoms in total. The Labute approximate surface area is 213 Å². The van der Waals surface area contributed by atoms with Gasteiger partial charge in [0.2, 0.25) is 5.91 Å². The average Bonchev–Trinajstić information content (AvgIpc) is 2.87. The standard InChI is InChI=1S/C25H30ClN3O5S/c1-5-22(23(30)27-11-13-32-2)35-25-28-19-15-21(34-4)20(33-3)14-18(19)24(31)29(25)12-10-16-6-8-17(26)9-7-16/h6-9,14-15,22H,5,10-13H2,1-4H3,(H,27,30)/t22-/m1/s1. The summed E-state index contributed by atoms with van der Waals surface area (Å²) >= 11 is 7.29. The number of hydrogen-bond acceptors (Lipinski definition) is 7. The molecule has 0 fully saturated rings. The van der Waals surface area contributed by atoms with Crippen molar-refractivity contribution in [2.24, 2.45) is 0 Å². The van der Waals surface area contributed by atoms with Gasteiger partial charge in [-0.2, -0.15) is 0 Å². The lowest BCUT2D eigenvalue weighted by atomic mass is 10.1. The van der Waals surface area contributed by atoms with E-state index >= 15 is 0 Å². The maximum absolute atomic E-state index is 13.6. The van der Waals surface area contributed by atoms with E-state index in [1.54, 1.807) is 23.8 Å². The summed E-state index contributed by atoms with van der Waals surface area (Å²) in [4.78, 5) is 31.2. The number of aryl methyl sites for hydroxylation is 1. The smallest absolute Gasteiger partial charge is 0.262 e. The number of carbonyl (C=O) groups is 1. The largest absolute Gasteiger partial charge is 0.493 e.